The summed E-state index contributed by atoms with van der Waals surface area (Å²) in [5, 5.41) is 1.86. The number of pyridine rings is 1. The van der Waals surface area contributed by atoms with Crippen LogP contribution in [-0.4, -0.2) is 27.5 Å². The fourth-order valence-electron chi connectivity index (χ4n) is 3.70. The van der Waals surface area contributed by atoms with Gasteiger partial charge >= 0.3 is 0 Å². The number of halogens is 3. The second-order valence-corrected chi connectivity index (χ2v) is 7.99. The SMILES string of the molecule is Clc1cc(Cl)cc(CCCC2CCCN2c2nc3nc(Cl)ccc3[nH]2)c1. The number of nitrogens with zero attached hydrogens (tertiary/aromatic N) is 3. The minimum atomic E-state index is 0.466. The van der Waals surface area contributed by atoms with Crippen molar-refractivity contribution in [2.45, 2.75) is 38.1 Å². The summed E-state index contributed by atoms with van der Waals surface area (Å²) in [6.07, 6.45) is 5.53. The third-order valence-electron chi connectivity index (χ3n) is 4.87. The molecule has 4 nitrogen and oxygen atoms in total. The largest absolute Gasteiger partial charge is 0.339 e. The van der Waals surface area contributed by atoms with Gasteiger partial charge in [0, 0.05) is 22.6 Å². The summed E-state index contributed by atoms with van der Waals surface area (Å²) in [5.74, 6) is 0.892. The van der Waals surface area contributed by atoms with Crippen molar-refractivity contribution < 1.29 is 0 Å². The van der Waals surface area contributed by atoms with Gasteiger partial charge in [-0.1, -0.05) is 34.8 Å². The molecule has 2 aromatic heterocycles. The molecule has 3 heterocycles. The van der Waals surface area contributed by atoms with Gasteiger partial charge in [-0.3, -0.25) is 0 Å². The van der Waals surface area contributed by atoms with Crippen LogP contribution in [-0.2, 0) is 6.42 Å². The second-order valence-electron chi connectivity index (χ2n) is 6.72. The summed E-state index contributed by atoms with van der Waals surface area (Å²) < 4.78 is 0. The quantitative estimate of drug-likeness (QED) is 0.533. The summed E-state index contributed by atoms with van der Waals surface area (Å²) in [7, 11) is 0. The zero-order valence-corrected chi connectivity index (χ0v) is 16.5. The molecule has 0 spiro atoms. The van der Waals surface area contributed by atoms with Crippen molar-refractivity contribution in [3.05, 3.63) is 51.1 Å². The van der Waals surface area contributed by atoms with Crippen LogP contribution in [0, 0.1) is 0 Å². The van der Waals surface area contributed by atoms with Gasteiger partial charge in [0.15, 0.2) is 5.65 Å². The predicted molar refractivity (Wildman–Crippen MR) is 109 cm³/mol. The number of aromatic amines is 1. The smallest absolute Gasteiger partial charge is 0.205 e. The second kappa shape index (κ2) is 7.63. The molecule has 1 aliphatic heterocycles. The lowest BCUT2D eigenvalue weighted by atomic mass is 10.0. The first-order chi connectivity index (χ1) is 12.6. The Morgan fingerprint density at radius 3 is 2.69 bits per heavy atom. The van der Waals surface area contributed by atoms with Gasteiger partial charge in [-0.05, 0) is 68.0 Å². The molecule has 136 valence electrons. The Hall–Kier alpha value is -1.49. The molecule has 26 heavy (non-hydrogen) atoms. The van der Waals surface area contributed by atoms with Crippen molar-refractivity contribution in [1.29, 1.82) is 0 Å². The number of aryl methyl sites for hydroxylation is 1. The first-order valence-electron chi connectivity index (χ1n) is 8.82. The minimum Gasteiger partial charge on any atom is -0.339 e. The van der Waals surface area contributed by atoms with Crippen LogP contribution in [0.15, 0.2) is 30.3 Å². The summed E-state index contributed by atoms with van der Waals surface area (Å²) in [6.45, 7) is 1.02. The molecule has 0 saturated carbocycles. The average Bonchev–Trinajstić information content (AvgIpc) is 3.19. The highest BCUT2D eigenvalue weighted by Gasteiger charge is 2.26. The van der Waals surface area contributed by atoms with Crippen LogP contribution in [0.4, 0.5) is 5.95 Å². The number of nitrogens with one attached hydrogen (secondary N) is 1. The highest BCUT2D eigenvalue weighted by molar-refractivity contribution is 6.34. The molecule has 7 heteroatoms. The van der Waals surface area contributed by atoms with Gasteiger partial charge in [0.05, 0.1) is 5.52 Å². The van der Waals surface area contributed by atoms with Gasteiger partial charge in [-0.15, -0.1) is 0 Å². The molecule has 0 bridgehead atoms. The van der Waals surface area contributed by atoms with Gasteiger partial charge in [0.25, 0.3) is 0 Å². The molecule has 1 atom stereocenters. The number of fused-ring (bicyclic) bond motifs is 1. The first-order valence-corrected chi connectivity index (χ1v) is 9.96. The van der Waals surface area contributed by atoms with Crippen LogP contribution in [0.1, 0.15) is 31.2 Å². The fourth-order valence-corrected chi connectivity index (χ4v) is 4.42. The third-order valence-corrected chi connectivity index (χ3v) is 5.52. The lowest BCUT2D eigenvalue weighted by Crippen LogP contribution is -2.30. The van der Waals surface area contributed by atoms with Crippen LogP contribution in [0.5, 0.6) is 0 Å². The van der Waals surface area contributed by atoms with E-state index >= 15 is 0 Å². The van der Waals surface area contributed by atoms with Crippen LogP contribution in [0.2, 0.25) is 15.2 Å². The maximum atomic E-state index is 6.09. The number of benzene rings is 1. The molecular weight excluding hydrogens is 391 g/mol. The standard InChI is InChI=1S/C19H19Cl3N4/c20-13-9-12(10-14(21)11-13)3-1-4-15-5-2-8-26(15)19-23-16-6-7-17(22)24-18(16)25-19/h6-7,9-11,15H,1-5,8H2,(H,23,24,25). The average molecular weight is 410 g/mol. The van der Waals surface area contributed by atoms with E-state index in [9.17, 15) is 0 Å². The van der Waals surface area contributed by atoms with Crippen LogP contribution in [0.25, 0.3) is 11.2 Å². The van der Waals surface area contributed by atoms with E-state index in [1.165, 1.54) is 18.4 Å². The Morgan fingerprint density at radius 1 is 1.08 bits per heavy atom. The van der Waals surface area contributed by atoms with E-state index < -0.39 is 0 Å². The Bertz CT molecular complexity index is 904. The van der Waals surface area contributed by atoms with E-state index in [2.05, 4.69) is 19.9 Å². The van der Waals surface area contributed by atoms with Crippen LogP contribution < -0.4 is 4.90 Å². The number of hydrogen-bond donors (Lipinski definition) is 1. The van der Waals surface area contributed by atoms with Gasteiger partial charge in [-0.2, -0.15) is 4.98 Å². The number of H-pyrrole nitrogens is 1. The van der Waals surface area contributed by atoms with Crippen molar-refractivity contribution in [2.75, 3.05) is 11.4 Å². The molecule has 1 aliphatic rings. The number of imidazole rings is 1. The molecule has 3 aromatic rings. The number of anilines is 1. The number of aromatic nitrogens is 3. The minimum absolute atomic E-state index is 0.466. The van der Waals surface area contributed by atoms with Gasteiger partial charge in [-0.25, -0.2) is 4.98 Å². The monoisotopic (exact) mass is 408 g/mol. The Labute approximate surface area is 167 Å². The van der Waals surface area contributed by atoms with Crippen molar-refractivity contribution in [1.82, 2.24) is 15.0 Å². The van der Waals surface area contributed by atoms with E-state index in [0.29, 0.717) is 26.9 Å². The summed E-state index contributed by atoms with van der Waals surface area (Å²) >= 11 is 18.1. The lowest BCUT2D eigenvalue weighted by molar-refractivity contribution is 0.575. The van der Waals surface area contributed by atoms with Crippen molar-refractivity contribution in [2.24, 2.45) is 0 Å². The zero-order valence-electron chi connectivity index (χ0n) is 14.2. The Morgan fingerprint density at radius 2 is 1.88 bits per heavy atom. The first kappa shape index (κ1) is 17.9. The lowest BCUT2D eigenvalue weighted by Gasteiger charge is -2.24. The van der Waals surface area contributed by atoms with Crippen LogP contribution >= 0.6 is 34.8 Å². The van der Waals surface area contributed by atoms with E-state index in [4.69, 9.17) is 34.8 Å². The third kappa shape index (κ3) is 3.93. The highest BCUT2D eigenvalue weighted by Crippen LogP contribution is 2.28. The molecular formula is C19H19Cl3N4. The van der Waals surface area contributed by atoms with Crippen molar-refractivity contribution in [3.8, 4) is 0 Å². The predicted octanol–water partition coefficient (Wildman–Crippen LogP) is 5.91. The molecule has 0 aliphatic carbocycles. The summed E-state index contributed by atoms with van der Waals surface area (Å²) in [6, 6.07) is 9.95. The van der Waals surface area contributed by atoms with Gasteiger partial charge < -0.3 is 9.88 Å². The Balaban J connectivity index is 1.42. The van der Waals surface area contributed by atoms with E-state index in [0.717, 1.165) is 37.3 Å². The van der Waals surface area contributed by atoms with Gasteiger partial charge in [0.2, 0.25) is 5.95 Å². The molecule has 0 amide bonds. The molecule has 1 fully saturated rings. The molecule has 4 rings (SSSR count). The summed E-state index contributed by atoms with van der Waals surface area (Å²) in [5.41, 5.74) is 2.78. The zero-order chi connectivity index (χ0) is 18.1. The van der Waals surface area contributed by atoms with Crippen molar-refractivity contribution in [3.63, 3.8) is 0 Å². The maximum Gasteiger partial charge on any atom is 0.205 e. The van der Waals surface area contributed by atoms with Crippen molar-refractivity contribution >= 4 is 51.9 Å². The summed E-state index contributed by atoms with van der Waals surface area (Å²) in [4.78, 5) is 14.7. The molecule has 0 radical (unpaired) electrons. The Kier molecular flexibility index (Phi) is 5.25. The molecule has 1 saturated heterocycles. The molecule has 1 N–H and O–H groups in total. The normalized spacial score (nSPS) is 17.3. The van der Waals surface area contributed by atoms with Crippen LogP contribution in [0.3, 0.4) is 0 Å². The number of hydrogen-bond acceptors (Lipinski definition) is 3. The topological polar surface area (TPSA) is 44.8 Å². The fraction of sp³-hybridized carbons (Fsp3) is 0.368. The molecule has 1 unspecified atom stereocenters. The van der Waals surface area contributed by atoms with E-state index in [1.54, 1.807) is 12.1 Å². The van der Waals surface area contributed by atoms with E-state index in [-0.39, 0.29) is 0 Å². The molecule has 1 aromatic carbocycles. The van der Waals surface area contributed by atoms with E-state index in [1.807, 2.05) is 18.2 Å². The number of rotatable bonds is 5. The highest BCUT2D eigenvalue weighted by atomic mass is 35.5. The van der Waals surface area contributed by atoms with Gasteiger partial charge in [0.1, 0.15) is 5.15 Å². The maximum absolute atomic E-state index is 6.09.